The average molecular weight is 411 g/mol. The van der Waals surface area contributed by atoms with Gasteiger partial charge in [-0.25, -0.2) is 4.39 Å². The van der Waals surface area contributed by atoms with Gasteiger partial charge >= 0.3 is 6.61 Å². The van der Waals surface area contributed by atoms with Crippen molar-refractivity contribution < 1.29 is 22.7 Å². The first-order valence-electron chi connectivity index (χ1n) is 9.06. The minimum Gasteiger partial charge on any atom is -0.435 e. The van der Waals surface area contributed by atoms with Gasteiger partial charge < -0.3 is 10.1 Å². The maximum Gasteiger partial charge on any atom is 0.387 e. The molecule has 0 aliphatic heterocycles. The fraction of sp³-hybridized carbons (Fsp3) is 0.0909. The Bertz CT molecular complexity index is 1180. The standard InChI is InChI=1S/C22H16F3N3O2/c23-16-8-11-19-18(12-16)20(26-21(29)15-4-2-1-3-5-15)27-28(19)13-14-6-9-17(10-7-14)30-22(24)25/h1-12,22H,13H2,(H,26,27,29). The molecule has 0 spiro atoms. The van der Waals surface area contributed by atoms with E-state index in [-0.39, 0.29) is 24.0 Å². The van der Waals surface area contributed by atoms with Crippen molar-refractivity contribution in [2.45, 2.75) is 13.2 Å². The maximum absolute atomic E-state index is 13.8. The molecule has 4 rings (SSSR count). The molecule has 30 heavy (non-hydrogen) atoms. The van der Waals surface area contributed by atoms with Crippen LogP contribution in [0.15, 0.2) is 72.8 Å². The summed E-state index contributed by atoms with van der Waals surface area (Å²) in [5, 5.41) is 7.61. The van der Waals surface area contributed by atoms with E-state index in [1.165, 1.54) is 24.3 Å². The Hall–Kier alpha value is -3.81. The molecular formula is C22H16F3N3O2. The Kier molecular flexibility index (Phi) is 5.38. The average Bonchev–Trinajstić information content (AvgIpc) is 3.06. The van der Waals surface area contributed by atoms with Crippen molar-refractivity contribution in [1.82, 2.24) is 9.78 Å². The highest BCUT2D eigenvalue weighted by Crippen LogP contribution is 2.26. The van der Waals surface area contributed by atoms with Gasteiger partial charge in [0.15, 0.2) is 5.82 Å². The molecule has 4 aromatic rings. The number of anilines is 1. The first-order valence-corrected chi connectivity index (χ1v) is 9.06. The summed E-state index contributed by atoms with van der Waals surface area (Å²) < 4.78 is 44.4. The van der Waals surface area contributed by atoms with Crippen LogP contribution in [0, 0.1) is 5.82 Å². The lowest BCUT2D eigenvalue weighted by atomic mass is 10.2. The van der Waals surface area contributed by atoms with Crippen LogP contribution in [-0.2, 0) is 6.54 Å². The molecule has 1 amide bonds. The maximum atomic E-state index is 13.8. The third-order valence-corrected chi connectivity index (χ3v) is 4.46. The zero-order valence-corrected chi connectivity index (χ0v) is 15.6. The summed E-state index contributed by atoms with van der Waals surface area (Å²) in [6, 6.07) is 18.9. The number of nitrogens with one attached hydrogen (secondary N) is 1. The Morgan fingerprint density at radius 2 is 1.77 bits per heavy atom. The second-order valence-electron chi connectivity index (χ2n) is 6.51. The lowest BCUT2D eigenvalue weighted by Gasteiger charge is -2.07. The highest BCUT2D eigenvalue weighted by molar-refractivity contribution is 6.07. The summed E-state index contributed by atoms with van der Waals surface area (Å²) in [5.74, 6) is -0.529. The van der Waals surface area contributed by atoms with Crippen LogP contribution in [0.2, 0.25) is 0 Å². The lowest BCUT2D eigenvalue weighted by molar-refractivity contribution is -0.0498. The molecule has 3 aromatic carbocycles. The van der Waals surface area contributed by atoms with Crippen molar-refractivity contribution in [3.8, 4) is 5.75 Å². The van der Waals surface area contributed by atoms with E-state index in [9.17, 15) is 18.0 Å². The predicted molar refractivity (Wildman–Crippen MR) is 106 cm³/mol. The zero-order chi connectivity index (χ0) is 21.1. The van der Waals surface area contributed by atoms with Crippen LogP contribution in [0.25, 0.3) is 10.9 Å². The van der Waals surface area contributed by atoms with E-state index in [2.05, 4.69) is 15.2 Å². The lowest BCUT2D eigenvalue weighted by Crippen LogP contribution is -2.12. The largest absolute Gasteiger partial charge is 0.435 e. The molecule has 0 unspecified atom stereocenters. The van der Waals surface area contributed by atoms with Crippen molar-refractivity contribution in [3.63, 3.8) is 0 Å². The molecule has 5 nitrogen and oxygen atoms in total. The SMILES string of the molecule is O=C(Nc1nn(Cc2ccc(OC(F)F)cc2)c2ccc(F)cc12)c1ccccc1. The molecule has 0 fully saturated rings. The van der Waals surface area contributed by atoms with E-state index in [0.717, 1.165) is 5.56 Å². The molecule has 0 aliphatic carbocycles. The fourth-order valence-electron chi connectivity index (χ4n) is 3.08. The van der Waals surface area contributed by atoms with E-state index in [1.807, 2.05) is 0 Å². The molecule has 8 heteroatoms. The highest BCUT2D eigenvalue weighted by Gasteiger charge is 2.15. The van der Waals surface area contributed by atoms with Gasteiger partial charge in [-0.1, -0.05) is 30.3 Å². The summed E-state index contributed by atoms with van der Waals surface area (Å²) in [7, 11) is 0. The number of nitrogens with zero attached hydrogens (tertiary/aromatic N) is 2. The molecule has 1 aromatic heterocycles. The number of hydrogen-bond donors (Lipinski definition) is 1. The normalized spacial score (nSPS) is 11.1. The van der Waals surface area contributed by atoms with Gasteiger partial charge in [-0.05, 0) is 48.0 Å². The summed E-state index contributed by atoms with van der Waals surface area (Å²) >= 11 is 0. The number of hydrogen-bond acceptors (Lipinski definition) is 3. The molecule has 0 aliphatic rings. The Labute approximate surface area is 169 Å². The molecule has 0 atom stereocenters. The van der Waals surface area contributed by atoms with E-state index in [0.29, 0.717) is 16.5 Å². The molecule has 0 saturated carbocycles. The predicted octanol–water partition coefficient (Wildman–Crippen LogP) is 5.08. The van der Waals surface area contributed by atoms with Crippen molar-refractivity contribution >= 4 is 22.6 Å². The van der Waals surface area contributed by atoms with E-state index < -0.39 is 12.4 Å². The van der Waals surface area contributed by atoms with Crippen molar-refractivity contribution in [3.05, 3.63) is 89.7 Å². The summed E-state index contributed by atoms with van der Waals surface area (Å²) in [6.45, 7) is -2.60. The van der Waals surface area contributed by atoms with Crippen molar-refractivity contribution in [1.29, 1.82) is 0 Å². The van der Waals surface area contributed by atoms with Crippen LogP contribution < -0.4 is 10.1 Å². The third kappa shape index (κ3) is 4.27. The topological polar surface area (TPSA) is 56.2 Å². The van der Waals surface area contributed by atoms with Gasteiger partial charge in [0, 0.05) is 10.9 Å². The number of rotatable bonds is 6. The van der Waals surface area contributed by atoms with Crippen LogP contribution in [0.1, 0.15) is 15.9 Å². The Morgan fingerprint density at radius 3 is 2.47 bits per heavy atom. The van der Waals surface area contributed by atoms with Gasteiger partial charge in [-0.3, -0.25) is 9.48 Å². The minimum atomic E-state index is -2.89. The number of alkyl halides is 2. The molecule has 1 N–H and O–H groups in total. The van der Waals surface area contributed by atoms with Crippen molar-refractivity contribution in [2.75, 3.05) is 5.32 Å². The molecule has 0 bridgehead atoms. The van der Waals surface area contributed by atoms with Crippen LogP contribution in [0.4, 0.5) is 19.0 Å². The first kappa shape index (κ1) is 19.5. The summed E-state index contributed by atoms with van der Waals surface area (Å²) in [4.78, 5) is 12.5. The monoisotopic (exact) mass is 411 g/mol. The second-order valence-corrected chi connectivity index (χ2v) is 6.51. The molecule has 152 valence electrons. The van der Waals surface area contributed by atoms with Crippen LogP contribution in [-0.4, -0.2) is 22.3 Å². The van der Waals surface area contributed by atoms with E-state index in [1.54, 1.807) is 53.2 Å². The quantitative estimate of drug-likeness (QED) is 0.482. The van der Waals surface area contributed by atoms with E-state index in [4.69, 9.17) is 0 Å². The van der Waals surface area contributed by atoms with Gasteiger partial charge in [0.05, 0.1) is 12.1 Å². The third-order valence-electron chi connectivity index (χ3n) is 4.46. The number of carbonyl (C=O) groups excluding carboxylic acids is 1. The second kappa shape index (κ2) is 8.28. The fourth-order valence-corrected chi connectivity index (χ4v) is 3.08. The van der Waals surface area contributed by atoms with Gasteiger partial charge in [-0.2, -0.15) is 13.9 Å². The number of amides is 1. The number of aromatic nitrogens is 2. The Morgan fingerprint density at radius 1 is 1.03 bits per heavy atom. The summed E-state index contributed by atoms with van der Waals surface area (Å²) in [5.41, 5.74) is 1.84. The smallest absolute Gasteiger partial charge is 0.387 e. The molecule has 0 radical (unpaired) electrons. The molecule has 0 saturated heterocycles. The number of carbonyl (C=O) groups is 1. The molecular weight excluding hydrogens is 395 g/mol. The minimum absolute atomic E-state index is 0.0527. The van der Waals surface area contributed by atoms with Gasteiger partial charge in [0.2, 0.25) is 0 Å². The van der Waals surface area contributed by atoms with Gasteiger partial charge in [0.25, 0.3) is 5.91 Å². The summed E-state index contributed by atoms with van der Waals surface area (Å²) in [6.07, 6.45) is 0. The van der Waals surface area contributed by atoms with E-state index >= 15 is 0 Å². The Balaban J connectivity index is 1.63. The first-order chi connectivity index (χ1) is 14.5. The number of benzene rings is 3. The van der Waals surface area contributed by atoms with Crippen molar-refractivity contribution in [2.24, 2.45) is 0 Å². The van der Waals surface area contributed by atoms with Gasteiger partial charge in [-0.15, -0.1) is 0 Å². The number of fused-ring (bicyclic) bond motifs is 1. The number of ether oxygens (including phenoxy) is 1. The molecule has 1 heterocycles. The van der Waals surface area contributed by atoms with Crippen LogP contribution in [0.5, 0.6) is 5.75 Å². The highest BCUT2D eigenvalue weighted by atomic mass is 19.3. The number of halogens is 3. The van der Waals surface area contributed by atoms with Crippen LogP contribution in [0.3, 0.4) is 0 Å². The zero-order valence-electron chi connectivity index (χ0n) is 15.6. The van der Waals surface area contributed by atoms with Crippen LogP contribution >= 0.6 is 0 Å². The van der Waals surface area contributed by atoms with Gasteiger partial charge in [0.1, 0.15) is 11.6 Å².